The van der Waals surface area contributed by atoms with E-state index in [-0.39, 0.29) is 11.7 Å². The number of ether oxygens (including phenoxy) is 2. The first-order valence-corrected chi connectivity index (χ1v) is 9.73. The van der Waals surface area contributed by atoms with E-state index in [1.54, 1.807) is 22.5 Å². The number of benzene rings is 2. The lowest BCUT2D eigenvalue weighted by molar-refractivity contribution is 0.173. The molecular weight excluding hydrogens is 340 g/mol. The molecule has 0 aromatic heterocycles. The normalized spacial score (nSPS) is 18.4. The predicted molar refractivity (Wildman–Crippen MR) is 93.0 cm³/mol. The minimum Gasteiger partial charge on any atom is -0.454 e. The van der Waals surface area contributed by atoms with Crippen LogP contribution in [0.2, 0.25) is 0 Å². The summed E-state index contributed by atoms with van der Waals surface area (Å²) in [5.41, 5.74) is 1.24. The summed E-state index contributed by atoms with van der Waals surface area (Å²) in [5.74, 6) is 1.08. The van der Waals surface area contributed by atoms with Crippen molar-refractivity contribution in [2.24, 2.45) is 0 Å². The van der Waals surface area contributed by atoms with Gasteiger partial charge in [-0.25, -0.2) is 8.42 Å². The third-order valence-corrected chi connectivity index (χ3v) is 6.46. The van der Waals surface area contributed by atoms with E-state index >= 15 is 0 Å². The number of fused-ring (bicyclic) bond motifs is 1. The largest absolute Gasteiger partial charge is 0.454 e. The summed E-state index contributed by atoms with van der Waals surface area (Å²) in [6.07, 6.45) is 0. The van der Waals surface area contributed by atoms with Crippen LogP contribution in [0, 0.1) is 0 Å². The van der Waals surface area contributed by atoms with Crippen LogP contribution in [0.15, 0.2) is 53.4 Å². The fraction of sp³-hybridized carbons (Fsp3) is 0.333. The number of piperazine rings is 1. The molecule has 1 saturated heterocycles. The van der Waals surface area contributed by atoms with Gasteiger partial charge in [0.1, 0.15) is 0 Å². The average molecular weight is 360 g/mol. The van der Waals surface area contributed by atoms with Gasteiger partial charge in [-0.05, 0) is 17.7 Å². The van der Waals surface area contributed by atoms with E-state index in [1.807, 2.05) is 18.2 Å². The van der Waals surface area contributed by atoms with Crippen molar-refractivity contribution in [3.63, 3.8) is 0 Å². The van der Waals surface area contributed by atoms with Gasteiger partial charge >= 0.3 is 0 Å². The topological polar surface area (TPSA) is 59.1 Å². The molecular formula is C18H20N2O4S. The predicted octanol–water partition coefficient (Wildman–Crippen LogP) is 1.92. The lowest BCUT2D eigenvalue weighted by Crippen LogP contribution is -2.48. The monoisotopic (exact) mass is 360 g/mol. The molecule has 0 saturated carbocycles. The van der Waals surface area contributed by atoms with Crippen LogP contribution in [0.3, 0.4) is 0 Å². The van der Waals surface area contributed by atoms with Crippen molar-refractivity contribution in [3.05, 3.63) is 54.1 Å². The zero-order chi connectivity index (χ0) is 17.3. The Morgan fingerprint density at radius 1 is 0.880 bits per heavy atom. The Hall–Kier alpha value is -2.09. The first kappa shape index (κ1) is 16.4. The second-order valence-corrected chi connectivity index (χ2v) is 8.12. The molecule has 7 heteroatoms. The summed E-state index contributed by atoms with van der Waals surface area (Å²) < 4.78 is 37.8. The van der Waals surface area contributed by atoms with Crippen LogP contribution in [-0.2, 0) is 16.6 Å². The van der Waals surface area contributed by atoms with Crippen molar-refractivity contribution in [1.82, 2.24) is 9.21 Å². The van der Waals surface area contributed by atoms with E-state index in [0.29, 0.717) is 24.6 Å². The van der Waals surface area contributed by atoms with Crippen molar-refractivity contribution in [3.8, 4) is 11.5 Å². The van der Waals surface area contributed by atoms with Gasteiger partial charge in [0.2, 0.25) is 16.8 Å². The first-order chi connectivity index (χ1) is 12.1. The fourth-order valence-electron chi connectivity index (χ4n) is 3.16. The Balaban J connectivity index is 1.43. The van der Waals surface area contributed by atoms with Crippen molar-refractivity contribution >= 4 is 10.0 Å². The zero-order valence-electron chi connectivity index (χ0n) is 13.8. The number of hydrogen-bond donors (Lipinski definition) is 0. The maximum atomic E-state index is 12.9. The molecule has 0 bridgehead atoms. The van der Waals surface area contributed by atoms with Crippen molar-refractivity contribution < 1.29 is 17.9 Å². The summed E-state index contributed by atoms with van der Waals surface area (Å²) in [6, 6.07) is 15.0. The summed E-state index contributed by atoms with van der Waals surface area (Å²) in [5, 5.41) is 0. The highest BCUT2D eigenvalue weighted by atomic mass is 32.2. The minimum absolute atomic E-state index is 0.136. The first-order valence-electron chi connectivity index (χ1n) is 8.29. The Kier molecular flexibility index (Phi) is 4.37. The molecule has 2 aromatic rings. The maximum Gasteiger partial charge on any atom is 0.243 e. The molecule has 4 rings (SSSR count). The number of rotatable bonds is 4. The molecule has 132 valence electrons. The van der Waals surface area contributed by atoms with E-state index in [2.05, 4.69) is 17.0 Å². The lowest BCUT2D eigenvalue weighted by atomic mass is 10.2. The van der Waals surface area contributed by atoms with Crippen LogP contribution in [-0.4, -0.2) is 50.6 Å². The molecule has 2 aliphatic rings. The van der Waals surface area contributed by atoms with Crippen LogP contribution < -0.4 is 9.47 Å². The Bertz CT molecular complexity index is 847. The van der Waals surface area contributed by atoms with Crippen LogP contribution in [0.1, 0.15) is 5.56 Å². The SMILES string of the molecule is O=S(=O)(c1ccc2c(c1)OCO2)N1CCN(Cc2ccccc2)CC1. The number of nitrogens with zero attached hydrogens (tertiary/aromatic N) is 2. The van der Waals surface area contributed by atoms with Gasteiger partial charge in [0.05, 0.1) is 4.90 Å². The summed E-state index contributed by atoms with van der Waals surface area (Å²) in [4.78, 5) is 2.54. The van der Waals surface area contributed by atoms with Gasteiger partial charge in [-0.1, -0.05) is 30.3 Å². The molecule has 0 spiro atoms. The molecule has 6 nitrogen and oxygen atoms in total. The lowest BCUT2D eigenvalue weighted by Gasteiger charge is -2.34. The van der Waals surface area contributed by atoms with Crippen molar-refractivity contribution in [2.45, 2.75) is 11.4 Å². The molecule has 2 heterocycles. The van der Waals surface area contributed by atoms with Gasteiger partial charge < -0.3 is 9.47 Å². The molecule has 25 heavy (non-hydrogen) atoms. The van der Waals surface area contributed by atoms with Crippen LogP contribution in [0.5, 0.6) is 11.5 Å². The molecule has 0 aliphatic carbocycles. The highest BCUT2D eigenvalue weighted by Gasteiger charge is 2.29. The van der Waals surface area contributed by atoms with Gasteiger partial charge in [0.15, 0.2) is 11.5 Å². The molecule has 0 unspecified atom stereocenters. The van der Waals surface area contributed by atoms with Crippen molar-refractivity contribution in [2.75, 3.05) is 33.0 Å². The Labute approximate surface area is 147 Å². The fourth-order valence-corrected chi connectivity index (χ4v) is 4.59. The smallest absolute Gasteiger partial charge is 0.243 e. The standard InChI is InChI=1S/C18H20N2O4S/c21-25(22,16-6-7-17-18(12-16)24-14-23-17)20-10-8-19(9-11-20)13-15-4-2-1-3-5-15/h1-7,12H,8-11,13-14H2. The third-order valence-electron chi connectivity index (χ3n) is 4.56. The van der Waals surface area contributed by atoms with E-state index < -0.39 is 10.0 Å². The Morgan fingerprint density at radius 3 is 2.36 bits per heavy atom. The zero-order valence-corrected chi connectivity index (χ0v) is 14.6. The van der Waals surface area contributed by atoms with Crippen LogP contribution in [0.25, 0.3) is 0 Å². The van der Waals surface area contributed by atoms with Gasteiger partial charge in [0, 0.05) is 38.8 Å². The second kappa shape index (κ2) is 6.67. The van der Waals surface area contributed by atoms with E-state index in [0.717, 1.165) is 19.6 Å². The molecule has 0 atom stereocenters. The molecule has 0 N–H and O–H groups in total. The average Bonchev–Trinajstić information content (AvgIpc) is 3.11. The Morgan fingerprint density at radius 2 is 1.60 bits per heavy atom. The van der Waals surface area contributed by atoms with Crippen LogP contribution >= 0.6 is 0 Å². The van der Waals surface area contributed by atoms with Gasteiger partial charge in [-0.2, -0.15) is 4.31 Å². The van der Waals surface area contributed by atoms with Gasteiger partial charge in [0.25, 0.3) is 0 Å². The summed E-state index contributed by atoms with van der Waals surface area (Å²) in [6.45, 7) is 3.40. The minimum atomic E-state index is -3.51. The van der Waals surface area contributed by atoms with E-state index in [4.69, 9.17) is 9.47 Å². The van der Waals surface area contributed by atoms with E-state index in [1.165, 1.54) is 5.56 Å². The second-order valence-electron chi connectivity index (χ2n) is 6.18. The molecule has 0 radical (unpaired) electrons. The summed E-state index contributed by atoms with van der Waals surface area (Å²) in [7, 11) is -3.51. The third kappa shape index (κ3) is 3.35. The quantitative estimate of drug-likeness (QED) is 0.834. The molecule has 2 aliphatic heterocycles. The summed E-state index contributed by atoms with van der Waals surface area (Å²) >= 11 is 0. The highest BCUT2D eigenvalue weighted by Crippen LogP contribution is 2.34. The van der Waals surface area contributed by atoms with Crippen molar-refractivity contribution in [1.29, 1.82) is 0 Å². The molecule has 2 aromatic carbocycles. The number of hydrogen-bond acceptors (Lipinski definition) is 5. The molecule has 1 fully saturated rings. The van der Waals surface area contributed by atoms with Crippen LogP contribution in [0.4, 0.5) is 0 Å². The van der Waals surface area contributed by atoms with E-state index in [9.17, 15) is 8.42 Å². The highest BCUT2D eigenvalue weighted by molar-refractivity contribution is 7.89. The van der Waals surface area contributed by atoms with Gasteiger partial charge in [-0.3, -0.25) is 4.90 Å². The van der Waals surface area contributed by atoms with Gasteiger partial charge in [-0.15, -0.1) is 0 Å². The maximum absolute atomic E-state index is 12.9. The molecule has 0 amide bonds. The number of sulfonamides is 1.